The van der Waals surface area contributed by atoms with Crippen LogP contribution >= 0.6 is 15.9 Å². The van der Waals surface area contributed by atoms with Crippen molar-refractivity contribution >= 4 is 21.6 Å². The minimum Gasteiger partial charge on any atom is -0.382 e. The molecular weight excluding hydrogens is 305 g/mol. The lowest BCUT2D eigenvalue weighted by Crippen LogP contribution is -2.34. The Morgan fingerprint density at radius 3 is 2.58 bits per heavy atom. The largest absolute Gasteiger partial charge is 0.382 e. The summed E-state index contributed by atoms with van der Waals surface area (Å²) in [5.74, 6) is 0.427. The zero-order valence-corrected chi connectivity index (χ0v) is 12.0. The Morgan fingerprint density at radius 1 is 1.05 bits per heavy atom. The summed E-state index contributed by atoms with van der Waals surface area (Å²) in [7, 11) is 0. The number of hydrogen-bond donors (Lipinski definition) is 1. The fraction of sp³-hybridized carbons (Fsp3) is 0.250. The third-order valence-corrected chi connectivity index (χ3v) is 4.15. The van der Waals surface area contributed by atoms with Gasteiger partial charge in [0.2, 0.25) is 0 Å². The molecule has 1 aliphatic carbocycles. The third-order valence-electron chi connectivity index (χ3n) is 3.65. The fourth-order valence-electron chi connectivity index (χ4n) is 2.58. The quantitative estimate of drug-likeness (QED) is 0.844. The van der Waals surface area contributed by atoms with Gasteiger partial charge in [-0.2, -0.15) is 0 Å². The van der Waals surface area contributed by atoms with E-state index >= 15 is 0 Å². The van der Waals surface area contributed by atoms with Crippen molar-refractivity contribution in [1.82, 2.24) is 0 Å². The minimum atomic E-state index is -0.187. The number of anilines is 1. The van der Waals surface area contributed by atoms with E-state index in [0.717, 1.165) is 23.0 Å². The van der Waals surface area contributed by atoms with Crippen LogP contribution < -0.4 is 5.32 Å². The average molecular weight is 320 g/mol. The molecule has 3 rings (SSSR count). The smallest absolute Gasteiger partial charge is 0.125 e. The maximum Gasteiger partial charge on any atom is 0.125 e. The second kappa shape index (κ2) is 5.33. The van der Waals surface area contributed by atoms with Crippen LogP contribution in [0.25, 0.3) is 0 Å². The summed E-state index contributed by atoms with van der Waals surface area (Å²) < 4.78 is 14.2. The molecule has 0 atom stereocenters. The van der Waals surface area contributed by atoms with Gasteiger partial charge in [0.05, 0.1) is 0 Å². The number of hydrogen-bond acceptors (Lipinski definition) is 1. The molecule has 0 saturated heterocycles. The van der Waals surface area contributed by atoms with Gasteiger partial charge in [0.15, 0.2) is 0 Å². The molecule has 0 bridgehead atoms. The molecule has 0 heterocycles. The summed E-state index contributed by atoms with van der Waals surface area (Å²) in [4.78, 5) is 0. The molecule has 1 aliphatic rings. The average Bonchev–Trinajstić information content (AvgIpc) is 2.33. The molecule has 2 aromatic rings. The standard InChI is InChI=1S/C16H15BrFN/c17-13-4-1-3-11(7-13)12-8-16(9-12)19-15-6-2-5-14(18)10-15/h1-7,10,12,16,19H,8-9H2. The lowest BCUT2D eigenvalue weighted by atomic mass is 9.76. The molecule has 0 aromatic heterocycles. The van der Waals surface area contributed by atoms with Gasteiger partial charge in [-0.05, 0) is 54.7 Å². The van der Waals surface area contributed by atoms with Gasteiger partial charge in [-0.1, -0.05) is 34.1 Å². The number of benzene rings is 2. The van der Waals surface area contributed by atoms with Crippen LogP contribution in [0.4, 0.5) is 10.1 Å². The van der Waals surface area contributed by atoms with Crippen molar-refractivity contribution in [3.63, 3.8) is 0 Å². The van der Waals surface area contributed by atoms with E-state index in [0.29, 0.717) is 12.0 Å². The molecule has 1 saturated carbocycles. The zero-order chi connectivity index (χ0) is 13.2. The molecule has 1 N–H and O–H groups in total. The third kappa shape index (κ3) is 2.98. The van der Waals surface area contributed by atoms with E-state index in [1.807, 2.05) is 12.1 Å². The van der Waals surface area contributed by atoms with Gasteiger partial charge in [-0.25, -0.2) is 4.39 Å². The molecule has 0 radical (unpaired) electrons. The maximum atomic E-state index is 13.1. The van der Waals surface area contributed by atoms with Crippen LogP contribution in [0.5, 0.6) is 0 Å². The highest BCUT2D eigenvalue weighted by Gasteiger charge is 2.30. The summed E-state index contributed by atoms with van der Waals surface area (Å²) in [6.07, 6.45) is 2.21. The summed E-state index contributed by atoms with van der Waals surface area (Å²) in [5.41, 5.74) is 2.25. The highest BCUT2D eigenvalue weighted by atomic mass is 79.9. The van der Waals surface area contributed by atoms with Crippen molar-refractivity contribution in [3.8, 4) is 0 Å². The fourth-order valence-corrected chi connectivity index (χ4v) is 3.00. The predicted octanol–water partition coefficient (Wildman–Crippen LogP) is 4.95. The van der Waals surface area contributed by atoms with E-state index in [1.54, 1.807) is 12.1 Å². The van der Waals surface area contributed by atoms with Gasteiger partial charge >= 0.3 is 0 Å². The first kappa shape index (κ1) is 12.7. The summed E-state index contributed by atoms with van der Waals surface area (Å²) in [5, 5.41) is 3.38. The molecule has 1 nitrogen and oxygen atoms in total. The van der Waals surface area contributed by atoms with Gasteiger partial charge in [0, 0.05) is 16.2 Å². The Balaban J connectivity index is 1.58. The first-order valence-corrected chi connectivity index (χ1v) is 7.27. The highest BCUT2D eigenvalue weighted by molar-refractivity contribution is 9.10. The van der Waals surface area contributed by atoms with Gasteiger partial charge in [-0.15, -0.1) is 0 Å². The SMILES string of the molecule is Fc1cccc(NC2CC(c3cccc(Br)c3)C2)c1. The van der Waals surface area contributed by atoms with Crippen LogP contribution in [0.2, 0.25) is 0 Å². The van der Waals surface area contributed by atoms with Crippen molar-refractivity contribution in [2.24, 2.45) is 0 Å². The van der Waals surface area contributed by atoms with E-state index in [1.165, 1.54) is 11.6 Å². The van der Waals surface area contributed by atoms with Crippen LogP contribution in [0.3, 0.4) is 0 Å². The lowest BCUT2D eigenvalue weighted by Gasteiger charge is -2.37. The van der Waals surface area contributed by atoms with E-state index < -0.39 is 0 Å². The van der Waals surface area contributed by atoms with Crippen molar-refractivity contribution in [3.05, 3.63) is 64.4 Å². The Morgan fingerprint density at radius 2 is 1.84 bits per heavy atom. The maximum absolute atomic E-state index is 13.1. The van der Waals surface area contributed by atoms with Crippen molar-refractivity contribution in [1.29, 1.82) is 0 Å². The van der Waals surface area contributed by atoms with Crippen LogP contribution in [0.15, 0.2) is 53.0 Å². The van der Waals surface area contributed by atoms with Crippen LogP contribution in [0.1, 0.15) is 24.3 Å². The number of nitrogens with one attached hydrogen (secondary N) is 1. The summed E-state index contributed by atoms with van der Waals surface area (Å²) >= 11 is 3.50. The monoisotopic (exact) mass is 319 g/mol. The Hall–Kier alpha value is -1.35. The lowest BCUT2D eigenvalue weighted by molar-refractivity contribution is 0.374. The summed E-state index contributed by atoms with van der Waals surface area (Å²) in [6, 6.07) is 15.6. The molecule has 1 fully saturated rings. The molecule has 0 aliphatic heterocycles. The zero-order valence-electron chi connectivity index (χ0n) is 10.4. The van der Waals surface area contributed by atoms with Crippen LogP contribution in [0, 0.1) is 5.82 Å². The van der Waals surface area contributed by atoms with Gasteiger partial charge in [0.25, 0.3) is 0 Å². The van der Waals surface area contributed by atoms with Crippen molar-refractivity contribution < 1.29 is 4.39 Å². The Labute approximate surface area is 121 Å². The normalized spacial score (nSPS) is 21.8. The van der Waals surface area contributed by atoms with Crippen LogP contribution in [-0.2, 0) is 0 Å². The molecule has 98 valence electrons. The summed E-state index contributed by atoms with van der Waals surface area (Å²) in [6.45, 7) is 0. The first-order valence-electron chi connectivity index (χ1n) is 6.48. The predicted molar refractivity (Wildman–Crippen MR) is 79.9 cm³/mol. The molecule has 19 heavy (non-hydrogen) atoms. The Bertz CT molecular complexity index is 578. The topological polar surface area (TPSA) is 12.0 Å². The van der Waals surface area contributed by atoms with Crippen LogP contribution in [-0.4, -0.2) is 6.04 Å². The van der Waals surface area contributed by atoms with E-state index in [-0.39, 0.29) is 5.82 Å². The van der Waals surface area contributed by atoms with E-state index in [9.17, 15) is 4.39 Å². The molecule has 0 spiro atoms. The Kier molecular flexibility index (Phi) is 3.56. The van der Waals surface area contributed by atoms with Gasteiger partial charge in [0.1, 0.15) is 5.82 Å². The molecule has 2 aromatic carbocycles. The van der Waals surface area contributed by atoms with Gasteiger partial charge in [-0.3, -0.25) is 0 Å². The van der Waals surface area contributed by atoms with Crippen molar-refractivity contribution in [2.75, 3.05) is 5.32 Å². The second-order valence-electron chi connectivity index (χ2n) is 5.07. The first-order chi connectivity index (χ1) is 9.20. The number of halogens is 2. The van der Waals surface area contributed by atoms with E-state index in [4.69, 9.17) is 0 Å². The minimum absolute atomic E-state index is 0.187. The highest BCUT2D eigenvalue weighted by Crippen LogP contribution is 2.39. The number of rotatable bonds is 3. The van der Waals surface area contributed by atoms with Gasteiger partial charge < -0.3 is 5.32 Å². The van der Waals surface area contributed by atoms with E-state index in [2.05, 4.69) is 39.4 Å². The molecule has 3 heteroatoms. The van der Waals surface area contributed by atoms with Crippen molar-refractivity contribution in [2.45, 2.75) is 24.8 Å². The molecular formula is C16H15BrFN. The second-order valence-corrected chi connectivity index (χ2v) is 5.99. The molecule has 0 amide bonds. The molecule has 0 unspecified atom stereocenters.